The maximum Gasteiger partial charge on any atom is 0.415 e. The zero-order chi connectivity index (χ0) is 24.0. The number of aldehydes is 1. The Labute approximate surface area is 194 Å². The summed E-state index contributed by atoms with van der Waals surface area (Å²) in [4.78, 5) is 44.6. The summed E-state index contributed by atoms with van der Waals surface area (Å²) >= 11 is 0. The van der Waals surface area contributed by atoms with Gasteiger partial charge in [-0.15, -0.1) is 0 Å². The number of fused-ring (bicyclic) bond motifs is 3. The molecule has 2 aromatic rings. The van der Waals surface area contributed by atoms with Crippen LogP contribution in [0.5, 0.6) is 5.75 Å². The van der Waals surface area contributed by atoms with Gasteiger partial charge in [0.2, 0.25) is 5.91 Å². The highest BCUT2D eigenvalue weighted by Gasteiger charge is 2.57. The molecule has 8 nitrogen and oxygen atoms in total. The predicted octanol–water partition coefficient (Wildman–Crippen LogP) is 3.41. The van der Waals surface area contributed by atoms with E-state index >= 15 is 0 Å². The zero-order valence-electron chi connectivity index (χ0n) is 20.2. The molecular weight excluding hydrogens is 420 g/mol. The minimum absolute atomic E-state index is 0.0685. The van der Waals surface area contributed by atoms with Gasteiger partial charge in [0.15, 0.2) is 5.75 Å². The van der Waals surface area contributed by atoms with Crippen LogP contribution in [0.1, 0.15) is 44.2 Å². The lowest BCUT2D eigenvalue weighted by Gasteiger charge is -2.51. The zero-order valence-corrected chi connectivity index (χ0v) is 20.2. The van der Waals surface area contributed by atoms with E-state index < -0.39 is 16.9 Å². The van der Waals surface area contributed by atoms with Gasteiger partial charge in [0.25, 0.3) is 0 Å². The molecular formula is C25H34N4O4. The van der Waals surface area contributed by atoms with Crippen molar-refractivity contribution in [3.05, 3.63) is 23.4 Å². The van der Waals surface area contributed by atoms with Crippen molar-refractivity contribution in [3.8, 4) is 5.75 Å². The van der Waals surface area contributed by atoms with E-state index in [4.69, 9.17) is 4.74 Å². The largest absolute Gasteiger partial charge is 0.415 e. The summed E-state index contributed by atoms with van der Waals surface area (Å²) in [6, 6.07) is 1.82. The molecule has 2 heterocycles. The summed E-state index contributed by atoms with van der Waals surface area (Å²) in [5.41, 5.74) is 2.81. The van der Waals surface area contributed by atoms with Crippen molar-refractivity contribution in [3.63, 3.8) is 0 Å². The molecule has 1 aliphatic heterocycles. The molecule has 2 aliphatic rings. The Morgan fingerprint density at radius 2 is 2.09 bits per heavy atom. The molecule has 0 unspecified atom stereocenters. The number of H-pyrrole nitrogens is 1. The van der Waals surface area contributed by atoms with Gasteiger partial charge in [-0.05, 0) is 50.8 Å². The van der Waals surface area contributed by atoms with Crippen molar-refractivity contribution in [2.24, 2.45) is 10.8 Å². The third-order valence-corrected chi connectivity index (χ3v) is 7.43. The summed E-state index contributed by atoms with van der Waals surface area (Å²) in [6.45, 7) is 7.73. The highest BCUT2D eigenvalue weighted by Crippen LogP contribution is 2.57. The summed E-state index contributed by atoms with van der Waals surface area (Å²) in [6.07, 6.45) is 5.05. The van der Waals surface area contributed by atoms with Crippen LogP contribution < -0.4 is 15.0 Å². The van der Waals surface area contributed by atoms with Crippen LogP contribution >= 0.6 is 0 Å². The first-order valence-electron chi connectivity index (χ1n) is 11.7. The van der Waals surface area contributed by atoms with E-state index in [-0.39, 0.29) is 5.91 Å². The number of nitrogens with one attached hydrogen (secondary N) is 2. The Kier molecular flexibility index (Phi) is 5.99. The molecule has 1 fully saturated rings. The molecule has 0 bridgehead atoms. The van der Waals surface area contributed by atoms with Crippen LogP contribution in [0.25, 0.3) is 10.9 Å². The number of rotatable bonds is 7. The number of benzene rings is 1. The quantitative estimate of drug-likeness (QED) is 0.625. The van der Waals surface area contributed by atoms with Gasteiger partial charge in [-0.3, -0.25) is 4.79 Å². The van der Waals surface area contributed by atoms with Gasteiger partial charge >= 0.3 is 6.09 Å². The maximum atomic E-state index is 13.7. The molecule has 1 aromatic heterocycles. The number of nitrogens with zero attached hydrogens (tertiary/aromatic N) is 2. The molecule has 1 aromatic carbocycles. The summed E-state index contributed by atoms with van der Waals surface area (Å²) in [5.74, 6) is 0.494. The number of amides is 2. The fraction of sp³-hybridized carbons (Fsp3) is 0.560. The van der Waals surface area contributed by atoms with Crippen LogP contribution in [-0.4, -0.2) is 61.9 Å². The number of aromatic nitrogens is 1. The lowest BCUT2D eigenvalue weighted by molar-refractivity contribution is -0.147. The Hall–Kier alpha value is -2.87. The Morgan fingerprint density at radius 3 is 2.73 bits per heavy atom. The molecule has 0 spiro atoms. The number of hydrogen-bond acceptors (Lipinski definition) is 5. The highest BCUT2D eigenvalue weighted by molar-refractivity contribution is 6.06. The molecule has 0 saturated heterocycles. The predicted molar refractivity (Wildman–Crippen MR) is 128 cm³/mol. The Bertz CT molecular complexity index is 1100. The molecule has 4 rings (SSSR count). The van der Waals surface area contributed by atoms with E-state index in [2.05, 4.69) is 10.3 Å². The van der Waals surface area contributed by atoms with E-state index in [9.17, 15) is 14.4 Å². The number of carbonyl (C=O) groups excluding carboxylic acids is 3. The Morgan fingerprint density at radius 1 is 1.36 bits per heavy atom. The first-order valence-corrected chi connectivity index (χ1v) is 11.7. The number of hydrogen-bond donors (Lipinski definition) is 2. The molecule has 1 saturated carbocycles. The smallest absolute Gasteiger partial charge is 0.408 e. The van der Waals surface area contributed by atoms with Crippen LogP contribution in [0.2, 0.25) is 0 Å². The molecule has 0 radical (unpaired) electrons. The highest BCUT2D eigenvalue weighted by atomic mass is 16.6. The van der Waals surface area contributed by atoms with Gasteiger partial charge in [0.05, 0.1) is 16.6 Å². The fourth-order valence-electron chi connectivity index (χ4n) is 5.61. The molecule has 2 N–H and O–H groups in total. The summed E-state index contributed by atoms with van der Waals surface area (Å²) in [5, 5.41) is 4.04. The van der Waals surface area contributed by atoms with Gasteiger partial charge in [0.1, 0.15) is 6.29 Å². The molecule has 178 valence electrons. The first-order chi connectivity index (χ1) is 15.7. The maximum absolute atomic E-state index is 13.7. The second-order valence-corrected chi connectivity index (χ2v) is 9.95. The van der Waals surface area contributed by atoms with E-state index in [1.165, 1.54) is 4.90 Å². The third-order valence-electron chi connectivity index (χ3n) is 7.43. The number of ether oxygens (including phenoxy) is 1. The van der Waals surface area contributed by atoms with Gasteiger partial charge in [0, 0.05) is 49.7 Å². The average molecular weight is 455 g/mol. The SMILES string of the molecule is CCC1(C(=O)N2CCc3c2cc(OC(=O)N(C)CCNC)c2[nH]cc(C)c32)CC(C)(C=O)C1. The minimum atomic E-state index is -0.510. The van der Waals surface area contributed by atoms with Crippen LogP contribution in [0, 0.1) is 17.8 Å². The molecule has 2 amide bonds. The molecule has 33 heavy (non-hydrogen) atoms. The van der Waals surface area contributed by atoms with Crippen LogP contribution in [0.3, 0.4) is 0 Å². The van der Waals surface area contributed by atoms with Crippen molar-refractivity contribution in [1.82, 2.24) is 15.2 Å². The number of anilines is 1. The van der Waals surface area contributed by atoms with Crippen molar-refractivity contribution < 1.29 is 19.1 Å². The van der Waals surface area contributed by atoms with Gasteiger partial charge in [-0.25, -0.2) is 4.79 Å². The average Bonchev–Trinajstić information content (AvgIpc) is 3.38. The second kappa shape index (κ2) is 8.48. The third kappa shape index (κ3) is 3.80. The van der Waals surface area contributed by atoms with Crippen molar-refractivity contribution in [1.29, 1.82) is 0 Å². The van der Waals surface area contributed by atoms with Gasteiger partial charge < -0.3 is 29.6 Å². The van der Waals surface area contributed by atoms with Crippen LogP contribution in [0.15, 0.2) is 12.3 Å². The molecule has 0 atom stereocenters. The van der Waals surface area contributed by atoms with Gasteiger partial charge in [-0.1, -0.05) is 13.8 Å². The van der Waals surface area contributed by atoms with Crippen LogP contribution in [0.4, 0.5) is 10.5 Å². The van der Waals surface area contributed by atoms with Crippen molar-refractivity contribution in [2.45, 2.75) is 46.5 Å². The van der Waals surface area contributed by atoms with Gasteiger partial charge in [-0.2, -0.15) is 0 Å². The fourth-order valence-corrected chi connectivity index (χ4v) is 5.61. The number of aryl methyl sites for hydroxylation is 1. The van der Waals surface area contributed by atoms with E-state index in [0.717, 1.165) is 40.4 Å². The summed E-state index contributed by atoms with van der Waals surface area (Å²) in [7, 11) is 3.53. The first kappa shape index (κ1) is 23.3. The minimum Gasteiger partial charge on any atom is -0.408 e. The second-order valence-electron chi connectivity index (χ2n) is 9.95. The standard InChI is InChI=1S/C25H34N4O4/c1-6-25(13-24(3,14-25)15-30)22(31)29-9-7-17-18(29)11-19(21-20(17)16(2)12-27-21)33-23(32)28(5)10-8-26-4/h11-12,15,26-27H,6-10,13-14H2,1-5H3. The number of aromatic amines is 1. The summed E-state index contributed by atoms with van der Waals surface area (Å²) < 4.78 is 5.80. The number of carbonyl (C=O) groups is 3. The van der Waals surface area contributed by atoms with Crippen molar-refractivity contribution >= 4 is 34.9 Å². The topological polar surface area (TPSA) is 94.7 Å². The van der Waals surface area contributed by atoms with E-state index in [1.54, 1.807) is 7.05 Å². The lowest BCUT2D eigenvalue weighted by Crippen LogP contribution is -2.55. The Balaban J connectivity index is 1.69. The normalized spacial score (nSPS) is 23.8. The monoisotopic (exact) mass is 454 g/mol. The number of likely N-dealkylation sites (N-methyl/N-ethyl adjacent to an activating group) is 2. The van der Waals surface area contributed by atoms with Crippen molar-refractivity contribution in [2.75, 3.05) is 38.6 Å². The molecule has 1 aliphatic carbocycles. The van der Waals surface area contributed by atoms with Crippen LogP contribution in [-0.2, 0) is 16.0 Å². The van der Waals surface area contributed by atoms with E-state index in [1.807, 2.05) is 45.0 Å². The molecule has 8 heteroatoms. The van der Waals surface area contributed by atoms with E-state index in [0.29, 0.717) is 44.6 Å². The lowest BCUT2D eigenvalue weighted by atomic mass is 9.52.